The SMILES string of the molecule is C=O.CC(=O)Nc1ccc(C=NNC(N)=S)cc1.CC(=O)Nc1ccc(C=NNC(N)=S)cc1. The van der Waals surface area contributed by atoms with Crippen molar-refractivity contribution in [1.29, 1.82) is 0 Å². The molecule has 0 unspecified atom stereocenters. The van der Waals surface area contributed by atoms with E-state index in [9.17, 15) is 9.59 Å². The fourth-order valence-corrected chi connectivity index (χ4v) is 2.16. The molecule has 0 saturated heterocycles. The van der Waals surface area contributed by atoms with Crippen LogP contribution in [-0.4, -0.2) is 41.3 Å². The van der Waals surface area contributed by atoms with Crippen LogP contribution in [0.1, 0.15) is 25.0 Å². The normalized spacial score (nSPS) is 9.59. The number of carbonyl (C=O) groups excluding carboxylic acids is 3. The summed E-state index contributed by atoms with van der Waals surface area (Å²) in [5.74, 6) is -0.201. The van der Waals surface area contributed by atoms with Crippen LogP contribution >= 0.6 is 24.4 Å². The first-order valence-electron chi connectivity index (χ1n) is 9.37. The van der Waals surface area contributed by atoms with Crippen molar-refractivity contribution in [2.24, 2.45) is 21.7 Å². The van der Waals surface area contributed by atoms with Crippen molar-refractivity contribution in [3.05, 3.63) is 59.7 Å². The van der Waals surface area contributed by atoms with Crippen molar-refractivity contribution >= 4 is 77.1 Å². The number of nitrogens with two attached hydrogens (primary N) is 2. The minimum Gasteiger partial charge on any atom is -0.375 e. The van der Waals surface area contributed by atoms with E-state index in [2.05, 4.69) is 56.1 Å². The van der Waals surface area contributed by atoms with Gasteiger partial charge in [0, 0.05) is 25.2 Å². The molecule has 0 saturated carbocycles. The fourth-order valence-electron chi connectivity index (χ4n) is 2.05. The van der Waals surface area contributed by atoms with E-state index >= 15 is 0 Å². The predicted octanol–water partition coefficient (Wildman–Crippen LogP) is 1.44. The van der Waals surface area contributed by atoms with E-state index in [0.29, 0.717) is 0 Å². The number of nitrogens with zero attached hydrogens (tertiary/aromatic N) is 2. The molecule has 180 valence electrons. The molecule has 0 bridgehead atoms. The molecule has 2 aromatic carbocycles. The number of carbonyl (C=O) groups is 3. The number of amides is 2. The summed E-state index contributed by atoms with van der Waals surface area (Å²) >= 11 is 9.17. The van der Waals surface area contributed by atoms with E-state index in [0.717, 1.165) is 22.5 Å². The molecule has 8 N–H and O–H groups in total. The highest BCUT2D eigenvalue weighted by atomic mass is 32.1. The van der Waals surface area contributed by atoms with Crippen molar-refractivity contribution in [3.8, 4) is 0 Å². The van der Waals surface area contributed by atoms with Crippen LogP contribution in [0.3, 0.4) is 0 Å². The van der Waals surface area contributed by atoms with E-state index in [4.69, 9.17) is 16.3 Å². The Kier molecular flexibility index (Phi) is 15.2. The van der Waals surface area contributed by atoms with Crippen molar-refractivity contribution < 1.29 is 14.4 Å². The van der Waals surface area contributed by atoms with Gasteiger partial charge in [0.2, 0.25) is 11.8 Å². The van der Waals surface area contributed by atoms with Crippen LogP contribution in [0.25, 0.3) is 0 Å². The average Bonchev–Trinajstić information content (AvgIpc) is 2.77. The first-order valence-corrected chi connectivity index (χ1v) is 10.2. The van der Waals surface area contributed by atoms with Crippen LogP contribution < -0.4 is 33.0 Å². The molecule has 0 aliphatic heterocycles. The maximum Gasteiger partial charge on any atom is 0.221 e. The third-order valence-electron chi connectivity index (χ3n) is 3.24. The Morgan fingerprint density at radius 3 is 1.26 bits per heavy atom. The third-order valence-corrected chi connectivity index (χ3v) is 3.42. The lowest BCUT2D eigenvalue weighted by Gasteiger charge is -2.01. The van der Waals surface area contributed by atoms with Gasteiger partial charge in [0.25, 0.3) is 0 Å². The van der Waals surface area contributed by atoms with Gasteiger partial charge >= 0.3 is 0 Å². The molecular formula is C21H26N8O3S2. The number of benzene rings is 2. The molecule has 13 heteroatoms. The number of anilines is 2. The largest absolute Gasteiger partial charge is 0.375 e. The summed E-state index contributed by atoms with van der Waals surface area (Å²) in [7, 11) is 0. The van der Waals surface area contributed by atoms with Crippen molar-refractivity contribution in [2.75, 3.05) is 10.6 Å². The van der Waals surface area contributed by atoms with Crippen LogP contribution in [-0.2, 0) is 14.4 Å². The van der Waals surface area contributed by atoms with Crippen LogP contribution in [0.5, 0.6) is 0 Å². The lowest BCUT2D eigenvalue weighted by molar-refractivity contribution is -0.115. The van der Waals surface area contributed by atoms with Gasteiger partial charge in [-0.2, -0.15) is 10.2 Å². The number of hydrogen-bond acceptors (Lipinski definition) is 7. The van der Waals surface area contributed by atoms with Gasteiger partial charge in [0.1, 0.15) is 6.79 Å². The van der Waals surface area contributed by atoms with Crippen molar-refractivity contribution in [3.63, 3.8) is 0 Å². The van der Waals surface area contributed by atoms with Crippen LogP contribution in [0.15, 0.2) is 58.7 Å². The number of thiocarbonyl (C=S) groups is 2. The first-order chi connectivity index (χ1) is 16.2. The van der Waals surface area contributed by atoms with E-state index in [1.807, 2.05) is 31.1 Å². The van der Waals surface area contributed by atoms with E-state index in [1.54, 1.807) is 36.7 Å². The Bertz CT molecular complexity index is 928. The minimum atomic E-state index is -0.100. The molecule has 0 radical (unpaired) electrons. The molecule has 34 heavy (non-hydrogen) atoms. The van der Waals surface area contributed by atoms with Crippen molar-refractivity contribution in [1.82, 2.24) is 10.9 Å². The molecule has 0 atom stereocenters. The number of nitrogens with one attached hydrogen (secondary N) is 4. The average molecular weight is 503 g/mol. The standard InChI is InChI=1S/2C10H12N4OS.CH2O/c2*1-7(15)13-9-4-2-8(3-5-9)6-12-14-10(11)16;1-2/h2*2-6H,1H3,(H,13,15)(H3,11,14,16);1H2. The smallest absolute Gasteiger partial charge is 0.221 e. The Hall–Kier alpha value is -4.23. The summed E-state index contributed by atoms with van der Waals surface area (Å²) in [6.45, 7) is 4.92. The zero-order valence-corrected chi connectivity index (χ0v) is 20.2. The Labute approximate surface area is 208 Å². The predicted molar refractivity (Wildman–Crippen MR) is 144 cm³/mol. The summed E-state index contributed by atoms with van der Waals surface area (Å²) < 4.78 is 0. The zero-order valence-electron chi connectivity index (χ0n) is 18.6. The minimum absolute atomic E-state index is 0.100. The van der Waals surface area contributed by atoms with Gasteiger partial charge < -0.3 is 26.9 Å². The molecule has 0 aliphatic rings. The quantitative estimate of drug-likeness (QED) is 0.194. The highest BCUT2D eigenvalue weighted by Crippen LogP contribution is 2.08. The number of hydrazone groups is 2. The fraction of sp³-hybridized carbons (Fsp3) is 0.0952. The lowest BCUT2D eigenvalue weighted by Crippen LogP contribution is -2.23. The summed E-state index contributed by atoms with van der Waals surface area (Å²) in [5, 5.41) is 13.2. The highest BCUT2D eigenvalue weighted by Gasteiger charge is 1.95. The molecule has 0 heterocycles. The lowest BCUT2D eigenvalue weighted by atomic mass is 10.2. The monoisotopic (exact) mass is 502 g/mol. The van der Waals surface area contributed by atoms with E-state index in [-0.39, 0.29) is 22.0 Å². The second-order valence-electron chi connectivity index (χ2n) is 6.07. The topological polar surface area (TPSA) is 176 Å². The van der Waals surface area contributed by atoms with Crippen LogP contribution in [0.2, 0.25) is 0 Å². The second kappa shape index (κ2) is 17.3. The summed E-state index contributed by atoms with van der Waals surface area (Å²) in [6.07, 6.45) is 3.16. The second-order valence-corrected chi connectivity index (χ2v) is 6.95. The zero-order chi connectivity index (χ0) is 25.9. The maximum absolute atomic E-state index is 10.8. The van der Waals surface area contributed by atoms with Gasteiger partial charge in [-0.3, -0.25) is 20.4 Å². The maximum atomic E-state index is 10.8. The van der Waals surface area contributed by atoms with Gasteiger partial charge in [-0.1, -0.05) is 24.3 Å². The third kappa shape index (κ3) is 15.6. The first kappa shape index (κ1) is 29.8. The molecule has 0 aromatic heterocycles. The molecule has 0 spiro atoms. The highest BCUT2D eigenvalue weighted by molar-refractivity contribution is 7.80. The number of rotatable bonds is 6. The molecular weight excluding hydrogens is 476 g/mol. The van der Waals surface area contributed by atoms with Gasteiger partial charge in [-0.05, 0) is 59.8 Å². The van der Waals surface area contributed by atoms with E-state index < -0.39 is 0 Å². The summed E-state index contributed by atoms with van der Waals surface area (Å²) in [6, 6.07) is 14.4. The number of hydrogen-bond donors (Lipinski definition) is 6. The van der Waals surface area contributed by atoms with Gasteiger partial charge in [-0.15, -0.1) is 0 Å². The van der Waals surface area contributed by atoms with Crippen LogP contribution in [0.4, 0.5) is 11.4 Å². The molecule has 2 amide bonds. The van der Waals surface area contributed by atoms with Gasteiger partial charge in [-0.25, -0.2) is 0 Å². The van der Waals surface area contributed by atoms with Gasteiger partial charge in [0.15, 0.2) is 10.2 Å². The van der Waals surface area contributed by atoms with Crippen molar-refractivity contribution in [2.45, 2.75) is 13.8 Å². The molecule has 0 aliphatic carbocycles. The van der Waals surface area contributed by atoms with E-state index in [1.165, 1.54) is 13.8 Å². The van der Waals surface area contributed by atoms with Crippen LogP contribution in [0, 0.1) is 0 Å². The summed E-state index contributed by atoms with van der Waals surface area (Å²) in [5.41, 5.74) is 18.5. The Morgan fingerprint density at radius 2 is 1.03 bits per heavy atom. The Balaban J connectivity index is 0.000000597. The molecule has 2 aromatic rings. The molecule has 11 nitrogen and oxygen atoms in total. The Morgan fingerprint density at radius 1 is 0.735 bits per heavy atom. The summed E-state index contributed by atoms with van der Waals surface area (Å²) in [4.78, 5) is 29.5. The molecule has 2 rings (SSSR count). The molecule has 0 fully saturated rings. The van der Waals surface area contributed by atoms with Gasteiger partial charge in [0.05, 0.1) is 12.4 Å².